The van der Waals surface area contributed by atoms with Crippen LogP contribution >= 0.6 is 0 Å². The first-order valence-corrected chi connectivity index (χ1v) is 7.22. The fraction of sp³-hybridized carbons (Fsp3) is 0.412. The highest BCUT2D eigenvalue weighted by molar-refractivity contribution is 5.84. The average Bonchev–Trinajstić information content (AvgIpc) is 2.46. The largest absolute Gasteiger partial charge is 0.480 e. The minimum Gasteiger partial charge on any atom is -0.480 e. The van der Waals surface area contributed by atoms with Crippen molar-refractivity contribution in [3.63, 3.8) is 0 Å². The number of nitrogens with one attached hydrogen (secondary N) is 1. The van der Waals surface area contributed by atoms with E-state index in [1.54, 1.807) is 0 Å². The van der Waals surface area contributed by atoms with Gasteiger partial charge in [-0.05, 0) is 24.0 Å². The molecule has 0 heterocycles. The fourth-order valence-electron chi connectivity index (χ4n) is 2.22. The molecule has 1 rings (SSSR count). The van der Waals surface area contributed by atoms with E-state index < -0.39 is 12.0 Å². The SMILES string of the molecule is C=CCOCC(NC(=O)CC(C)c1ccccc1C)C(=O)O. The van der Waals surface area contributed by atoms with Crippen LogP contribution in [0.1, 0.15) is 30.4 Å². The predicted octanol–water partition coefficient (Wildman–Crippen LogP) is 2.26. The summed E-state index contributed by atoms with van der Waals surface area (Å²) in [5.74, 6) is -1.39. The number of carbonyl (C=O) groups is 2. The number of carboxylic acids is 1. The van der Waals surface area contributed by atoms with E-state index in [-0.39, 0.29) is 31.5 Å². The Kier molecular flexibility index (Phi) is 7.32. The molecular formula is C17H23NO4. The first-order chi connectivity index (χ1) is 10.5. The molecule has 0 saturated heterocycles. The number of carbonyl (C=O) groups excluding carboxylic acids is 1. The van der Waals surface area contributed by atoms with Crippen molar-refractivity contribution in [2.45, 2.75) is 32.2 Å². The van der Waals surface area contributed by atoms with Crippen LogP contribution < -0.4 is 5.32 Å². The molecule has 0 aliphatic carbocycles. The maximum absolute atomic E-state index is 12.0. The first-order valence-electron chi connectivity index (χ1n) is 7.22. The fourth-order valence-corrected chi connectivity index (χ4v) is 2.22. The van der Waals surface area contributed by atoms with Gasteiger partial charge in [0.1, 0.15) is 0 Å². The standard InChI is InChI=1S/C17H23NO4/c1-4-9-22-11-15(17(20)21)18-16(19)10-13(3)14-8-6-5-7-12(14)2/h4-8,13,15H,1,9-11H2,2-3H3,(H,18,19)(H,20,21). The zero-order valence-corrected chi connectivity index (χ0v) is 13.0. The van der Waals surface area contributed by atoms with Crippen molar-refractivity contribution in [2.75, 3.05) is 13.2 Å². The molecule has 0 bridgehead atoms. The lowest BCUT2D eigenvalue weighted by Gasteiger charge is -2.17. The molecule has 120 valence electrons. The summed E-state index contributed by atoms with van der Waals surface area (Å²) in [6.45, 7) is 7.60. The van der Waals surface area contributed by atoms with Crippen molar-refractivity contribution in [2.24, 2.45) is 0 Å². The summed E-state index contributed by atoms with van der Waals surface area (Å²) in [5.41, 5.74) is 2.21. The lowest BCUT2D eigenvalue weighted by atomic mass is 9.93. The Morgan fingerprint density at radius 3 is 2.68 bits per heavy atom. The van der Waals surface area contributed by atoms with Gasteiger partial charge in [-0.3, -0.25) is 4.79 Å². The third-order valence-corrected chi connectivity index (χ3v) is 3.36. The third-order valence-electron chi connectivity index (χ3n) is 3.36. The molecule has 2 unspecified atom stereocenters. The minimum absolute atomic E-state index is 0.0183. The number of benzene rings is 1. The van der Waals surface area contributed by atoms with Gasteiger partial charge in [0.05, 0.1) is 13.2 Å². The number of hydrogen-bond acceptors (Lipinski definition) is 3. The molecule has 22 heavy (non-hydrogen) atoms. The third kappa shape index (κ3) is 5.69. The first kappa shape index (κ1) is 17.9. The molecule has 2 atom stereocenters. The van der Waals surface area contributed by atoms with Gasteiger partial charge in [0.2, 0.25) is 5.91 Å². The molecule has 2 N–H and O–H groups in total. The Balaban J connectivity index is 2.57. The molecule has 5 heteroatoms. The Bertz CT molecular complexity index is 527. The number of rotatable bonds is 9. The molecule has 1 aromatic carbocycles. The van der Waals surface area contributed by atoms with Crippen LogP contribution in [0, 0.1) is 6.92 Å². The smallest absolute Gasteiger partial charge is 0.328 e. The van der Waals surface area contributed by atoms with Gasteiger partial charge in [0, 0.05) is 6.42 Å². The molecule has 0 aliphatic heterocycles. The van der Waals surface area contributed by atoms with Gasteiger partial charge < -0.3 is 15.2 Å². The number of hydrogen-bond donors (Lipinski definition) is 2. The van der Waals surface area contributed by atoms with E-state index >= 15 is 0 Å². The maximum Gasteiger partial charge on any atom is 0.328 e. The van der Waals surface area contributed by atoms with Crippen LogP contribution in [0.2, 0.25) is 0 Å². The maximum atomic E-state index is 12.0. The second kappa shape index (κ2) is 9.00. The van der Waals surface area contributed by atoms with Crippen molar-refractivity contribution < 1.29 is 19.4 Å². The molecule has 1 aromatic rings. The second-order valence-electron chi connectivity index (χ2n) is 5.25. The highest BCUT2D eigenvalue weighted by Crippen LogP contribution is 2.22. The molecule has 0 radical (unpaired) electrons. The molecule has 0 aliphatic rings. The highest BCUT2D eigenvalue weighted by Gasteiger charge is 2.21. The quantitative estimate of drug-likeness (QED) is 0.542. The number of aliphatic carboxylic acids is 1. The highest BCUT2D eigenvalue weighted by atomic mass is 16.5. The van der Waals surface area contributed by atoms with Gasteiger partial charge in [0.15, 0.2) is 6.04 Å². The predicted molar refractivity (Wildman–Crippen MR) is 84.8 cm³/mol. The zero-order valence-electron chi connectivity index (χ0n) is 13.0. The summed E-state index contributed by atoms with van der Waals surface area (Å²) in [5, 5.41) is 11.6. The molecule has 0 aromatic heterocycles. The van der Waals surface area contributed by atoms with E-state index in [4.69, 9.17) is 9.84 Å². The van der Waals surface area contributed by atoms with Gasteiger partial charge in [-0.1, -0.05) is 37.3 Å². The van der Waals surface area contributed by atoms with E-state index in [9.17, 15) is 9.59 Å². The Morgan fingerprint density at radius 1 is 1.41 bits per heavy atom. The van der Waals surface area contributed by atoms with Gasteiger partial charge in [-0.15, -0.1) is 6.58 Å². The van der Waals surface area contributed by atoms with Crippen molar-refractivity contribution in [1.82, 2.24) is 5.32 Å². The molecule has 5 nitrogen and oxygen atoms in total. The monoisotopic (exact) mass is 305 g/mol. The number of ether oxygens (including phenoxy) is 1. The lowest BCUT2D eigenvalue weighted by molar-refractivity contribution is -0.143. The van der Waals surface area contributed by atoms with Crippen molar-refractivity contribution in [3.05, 3.63) is 48.0 Å². The number of aryl methyl sites for hydroxylation is 1. The molecule has 1 amide bonds. The number of amides is 1. The van der Waals surface area contributed by atoms with Crippen LogP contribution in [0.25, 0.3) is 0 Å². The van der Waals surface area contributed by atoms with E-state index in [1.165, 1.54) is 6.08 Å². The van der Waals surface area contributed by atoms with Crippen LogP contribution in [-0.2, 0) is 14.3 Å². The van der Waals surface area contributed by atoms with E-state index in [2.05, 4.69) is 11.9 Å². The van der Waals surface area contributed by atoms with Crippen molar-refractivity contribution in [3.8, 4) is 0 Å². The Labute approximate surface area is 131 Å². The summed E-state index contributed by atoms with van der Waals surface area (Å²) >= 11 is 0. The zero-order chi connectivity index (χ0) is 16.5. The molecular weight excluding hydrogens is 282 g/mol. The summed E-state index contributed by atoms with van der Waals surface area (Å²) < 4.78 is 5.10. The van der Waals surface area contributed by atoms with E-state index in [0.29, 0.717) is 0 Å². The summed E-state index contributed by atoms with van der Waals surface area (Å²) in [6.07, 6.45) is 1.76. The van der Waals surface area contributed by atoms with Crippen LogP contribution in [0.5, 0.6) is 0 Å². The van der Waals surface area contributed by atoms with Crippen LogP contribution in [0.4, 0.5) is 0 Å². The van der Waals surface area contributed by atoms with Crippen LogP contribution in [-0.4, -0.2) is 36.2 Å². The van der Waals surface area contributed by atoms with Crippen molar-refractivity contribution in [1.29, 1.82) is 0 Å². The Hall–Kier alpha value is -2.14. The lowest BCUT2D eigenvalue weighted by Crippen LogP contribution is -2.44. The van der Waals surface area contributed by atoms with Crippen LogP contribution in [0.15, 0.2) is 36.9 Å². The minimum atomic E-state index is -1.11. The van der Waals surface area contributed by atoms with Gasteiger partial charge in [-0.25, -0.2) is 4.79 Å². The average molecular weight is 305 g/mol. The van der Waals surface area contributed by atoms with E-state index in [1.807, 2.05) is 38.1 Å². The van der Waals surface area contributed by atoms with Gasteiger partial charge >= 0.3 is 5.97 Å². The molecule has 0 spiro atoms. The normalized spacial score (nSPS) is 13.2. The van der Waals surface area contributed by atoms with E-state index in [0.717, 1.165) is 11.1 Å². The summed E-state index contributed by atoms with van der Waals surface area (Å²) in [6, 6.07) is 6.81. The Morgan fingerprint density at radius 2 is 2.09 bits per heavy atom. The summed E-state index contributed by atoms with van der Waals surface area (Å²) in [4.78, 5) is 23.2. The van der Waals surface area contributed by atoms with Crippen LogP contribution in [0.3, 0.4) is 0 Å². The number of carboxylic acid groups (broad SMARTS) is 1. The summed E-state index contributed by atoms with van der Waals surface area (Å²) in [7, 11) is 0. The topological polar surface area (TPSA) is 75.6 Å². The van der Waals surface area contributed by atoms with Crippen molar-refractivity contribution >= 4 is 11.9 Å². The van der Waals surface area contributed by atoms with Gasteiger partial charge in [-0.2, -0.15) is 0 Å². The molecule has 0 fully saturated rings. The second-order valence-corrected chi connectivity index (χ2v) is 5.25. The van der Waals surface area contributed by atoms with Gasteiger partial charge in [0.25, 0.3) is 0 Å². The molecule has 0 saturated carbocycles.